The number of nitrogens with one attached hydrogen (secondary N) is 1. The maximum absolute atomic E-state index is 5.41. The van der Waals surface area contributed by atoms with Crippen molar-refractivity contribution in [2.45, 2.75) is 26.2 Å². The number of rotatable bonds is 2. The zero-order chi connectivity index (χ0) is 9.84. The molecule has 5 heteroatoms. The maximum Gasteiger partial charge on any atom is 0.261 e. The van der Waals surface area contributed by atoms with Gasteiger partial charge in [0.05, 0.1) is 6.54 Å². The Morgan fingerprint density at radius 2 is 2.38 bits per heavy atom. The lowest BCUT2D eigenvalue weighted by molar-refractivity contribution is -0.0482. The Bertz CT molecular complexity index is 181. The van der Waals surface area contributed by atoms with E-state index in [1.165, 1.54) is 0 Å². The van der Waals surface area contributed by atoms with Gasteiger partial charge in [0.1, 0.15) is 6.73 Å². The van der Waals surface area contributed by atoms with Crippen LogP contribution in [0.25, 0.3) is 0 Å². The Hall–Kier alpha value is -0.390. The molecule has 1 aliphatic rings. The molecule has 1 rings (SSSR count). The highest BCUT2D eigenvalue weighted by molar-refractivity contribution is 7.80. The molecule has 1 atom stereocenters. The molecule has 0 aromatic heterocycles. The predicted octanol–water partition coefficient (Wildman–Crippen LogP) is 0.532. The fourth-order valence-corrected chi connectivity index (χ4v) is 1.19. The van der Waals surface area contributed by atoms with E-state index in [9.17, 15) is 0 Å². The van der Waals surface area contributed by atoms with Crippen LogP contribution in [0.1, 0.15) is 13.8 Å². The van der Waals surface area contributed by atoms with E-state index >= 15 is 0 Å². The molecule has 76 valence electrons. The first kappa shape index (κ1) is 10.7. The van der Waals surface area contributed by atoms with Gasteiger partial charge in [0.25, 0.3) is 5.17 Å². The normalized spacial score (nSPS) is 22.0. The van der Waals surface area contributed by atoms with Gasteiger partial charge in [0, 0.05) is 13.1 Å². The molecule has 1 unspecified atom stereocenters. The summed E-state index contributed by atoms with van der Waals surface area (Å²) in [6.07, 6.45) is -0.228. The molecule has 1 aliphatic heterocycles. The molecule has 0 aliphatic carbocycles. The van der Waals surface area contributed by atoms with Crippen LogP contribution < -0.4 is 5.32 Å². The predicted molar refractivity (Wildman–Crippen MR) is 54.3 cm³/mol. The number of hydrogen-bond acceptors (Lipinski definition) is 4. The molecule has 1 N–H and O–H groups in total. The van der Waals surface area contributed by atoms with Crippen molar-refractivity contribution in [3.8, 4) is 0 Å². The molecule has 13 heavy (non-hydrogen) atoms. The first-order valence-electron chi connectivity index (χ1n) is 4.37. The second kappa shape index (κ2) is 4.74. The molecule has 1 heterocycles. The lowest BCUT2D eigenvalue weighted by Crippen LogP contribution is -2.36. The van der Waals surface area contributed by atoms with E-state index in [1.807, 2.05) is 11.9 Å². The van der Waals surface area contributed by atoms with E-state index in [2.05, 4.69) is 19.2 Å². The summed E-state index contributed by atoms with van der Waals surface area (Å²) in [6.45, 7) is 5.36. The second-order valence-electron chi connectivity index (χ2n) is 3.28. The average Bonchev–Trinajstić information content (AvgIpc) is 2.55. The molecular formula is C8H16N2O2S. The first-order valence-corrected chi connectivity index (χ1v) is 4.78. The van der Waals surface area contributed by atoms with Crippen molar-refractivity contribution in [1.82, 2.24) is 10.2 Å². The van der Waals surface area contributed by atoms with E-state index in [0.29, 0.717) is 24.5 Å². The van der Waals surface area contributed by atoms with Crippen LogP contribution in [0, 0.1) is 0 Å². The van der Waals surface area contributed by atoms with Gasteiger partial charge in [-0.25, -0.2) is 0 Å². The van der Waals surface area contributed by atoms with E-state index in [-0.39, 0.29) is 6.29 Å². The van der Waals surface area contributed by atoms with Crippen LogP contribution >= 0.6 is 12.2 Å². The van der Waals surface area contributed by atoms with Crippen LogP contribution in [0.3, 0.4) is 0 Å². The lowest BCUT2D eigenvalue weighted by Gasteiger charge is -2.25. The van der Waals surface area contributed by atoms with E-state index in [0.717, 1.165) is 0 Å². The van der Waals surface area contributed by atoms with Crippen molar-refractivity contribution < 1.29 is 9.47 Å². The Morgan fingerprint density at radius 3 is 2.85 bits per heavy atom. The first-order chi connectivity index (χ1) is 6.11. The largest absolute Gasteiger partial charge is 0.440 e. The summed E-state index contributed by atoms with van der Waals surface area (Å²) in [5, 5.41) is 3.51. The topological polar surface area (TPSA) is 33.7 Å². The van der Waals surface area contributed by atoms with Gasteiger partial charge < -0.3 is 14.4 Å². The zero-order valence-electron chi connectivity index (χ0n) is 8.24. The maximum atomic E-state index is 5.41. The number of thiocarbonyl (C=S) groups is 1. The van der Waals surface area contributed by atoms with Crippen molar-refractivity contribution in [3.05, 3.63) is 0 Å². The summed E-state index contributed by atoms with van der Waals surface area (Å²) in [4.78, 5) is 1.90. The van der Waals surface area contributed by atoms with Crippen molar-refractivity contribution >= 4 is 17.4 Å². The molecule has 0 spiro atoms. The summed E-state index contributed by atoms with van der Waals surface area (Å²) in [5.41, 5.74) is 0. The number of nitrogens with zero attached hydrogens (tertiary/aromatic N) is 1. The van der Waals surface area contributed by atoms with Crippen molar-refractivity contribution in [1.29, 1.82) is 0 Å². The SMILES string of the molecule is CC(C)N(C)C(=S)OC1CNCO1. The molecule has 0 aromatic rings. The third-order valence-corrected chi connectivity index (χ3v) is 2.36. The van der Waals surface area contributed by atoms with Crippen LogP contribution in [-0.2, 0) is 9.47 Å². The fourth-order valence-electron chi connectivity index (χ4n) is 0.870. The Balaban J connectivity index is 2.31. The summed E-state index contributed by atoms with van der Waals surface area (Å²) >= 11 is 5.09. The van der Waals surface area contributed by atoms with Gasteiger partial charge in [0.2, 0.25) is 6.29 Å². The lowest BCUT2D eigenvalue weighted by atomic mass is 10.4. The number of hydrogen-bond donors (Lipinski definition) is 1. The Morgan fingerprint density at radius 1 is 1.69 bits per heavy atom. The minimum Gasteiger partial charge on any atom is -0.440 e. The van der Waals surface area contributed by atoms with E-state index < -0.39 is 0 Å². The van der Waals surface area contributed by atoms with Gasteiger partial charge in [-0.1, -0.05) is 0 Å². The molecule has 0 radical (unpaired) electrons. The van der Waals surface area contributed by atoms with Crippen LogP contribution in [0.15, 0.2) is 0 Å². The van der Waals surface area contributed by atoms with Crippen molar-refractivity contribution in [2.24, 2.45) is 0 Å². The molecule has 1 saturated heterocycles. The van der Waals surface area contributed by atoms with Gasteiger partial charge >= 0.3 is 0 Å². The van der Waals surface area contributed by atoms with Gasteiger partial charge in [-0.05, 0) is 26.1 Å². The average molecular weight is 204 g/mol. The fraction of sp³-hybridized carbons (Fsp3) is 0.875. The molecule has 0 saturated carbocycles. The Labute approximate surface area is 84.2 Å². The van der Waals surface area contributed by atoms with Gasteiger partial charge in [0.15, 0.2) is 0 Å². The summed E-state index contributed by atoms with van der Waals surface area (Å²) in [7, 11) is 1.91. The second-order valence-corrected chi connectivity index (χ2v) is 3.63. The third kappa shape index (κ3) is 3.10. The van der Waals surface area contributed by atoms with Crippen LogP contribution in [0.5, 0.6) is 0 Å². The highest BCUT2D eigenvalue weighted by Crippen LogP contribution is 2.04. The molecule has 0 bridgehead atoms. The molecule has 0 aromatic carbocycles. The van der Waals surface area contributed by atoms with Crippen LogP contribution in [0.4, 0.5) is 0 Å². The third-order valence-electron chi connectivity index (χ3n) is 1.98. The number of ether oxygens (including phenoxy) is 2. The highest BCUT2D eigenvalue weighted by Gasteiger charge is 2.19. The summed E-state index contributed by atoms with van der Waals surface area (Å²) in [5.74, 6) is 0. The molecule has 0 amide bonds. The summed E-state index contributed by atoms with van der Waals surface area (Å²) in [6, 6.07) is 0.349. The van der Waals surface area contributed by atoms with Crippen molar-refractivity contribution in [2.75, 3.05) is 20.3 Å². The molecule has 4 nitrogen and oxygen atoms in total. The minimum atomic E-state index is -0.228. The minimum absolute atomic E-state index is 0.228. The quantitative estimate of drug-likeness (QED) is 0.664. The monoisotopic (exact) mass is 204 g/mol. The van der Waals surface area contributed by atoms with Crippen molar-refractivity contribution in [3.63, 3.8) is 0 Å². The zero-order valence-corrected chi connectivity index (χ0v) is 9.06. The standard InChI is InChI=1S/C8H16N2O2S/c1-6(2)10(3)8(13)12-7-4-9-5-11-7/h6-7,9H,4-5H2,1-3H3. The van der Waals surface area contributed by atoms with Crippen LogP contribution in [-0.4, -0.2) is 42.7 Å². The Kier molecular flexibility index (Phi) is 3.90. The molecular weight excluding hydrogens is 188 g/mol. The van der Waals surface area contributed by atoms with Crippen LogP contribution in [0.2, 0.25) is 0 Å². The van der Waals surface area contributed by atoms with Gasteiger partial charge in [-0.15, -0.1) is 0 Å². The van der Waals surface area contributed by atoms with E-state index in [1.54, 1.807) is 0 Å². The summed E-state index contributed by atoms with van der Waals surface area (Å²) < 4.78 is 10.6. The van der Waals surface area contributed by atoms with E-state index in [4.69, 9.17) is 21.7 Å². The van der Waals surface area contributed by atoms with Gasteiger partial charge in [-0.2, -0.15) is 0 Å². The highest BCUT2D eigenvalue weighted by atomic mass is 32.1. The molecule has 1 fully saturated rings. The van der Waals surface area contributed by atoms with Gasteiger partial charge in [-0.3, -0.25) is 5.32 Å². The smallest absolute Gasteiger partial charge is 0.261 e.